The van der Waals surface area contributed by atoms with Crippen LogP contribution in [0.3, 0.4) is 0 Å². The van der Waals surface area contributed by atoms with E-state index in [-0.39, 0.29) is 11.6 Å². The van der Waals surface area contributed by atoms with Gasteiger partial charge in [0.05, 0.1) is 5.69 Å². The van der Waals surface area contributed by atoms with Crippen LogP contribution >= 0.6 is 11.6 Å². The smallest absolute Gasteiger partial charge is 0.291 e. The van der Waals surface area contributed by atoms with E-state index in [4.69, 9.17) is 11.6 Å². The second-order valence-electron chi connectivity index (χ2n) is 7.57. The van der Waals surface area contributed by atoms with Crippen molar-refractivity contribution in [2.75, 3.05) is 10.6 Å². The van der Waals surface area contributed by atoms with Crippen LogP contribution in [0.4, 0.5) is 11.4 Å². The molecule has 166 valence electrons. The number of benzene rings is 2. The summed E-state index contributed by atoms with van der Waals surface area (Å²) in [5.41, 5.74) is 3.10. The molecule has 8 heteroatoms. The molecule has 2 N–H and O–H groups in total. The van der Waals surface area contributed by atoms with Crippen molar-refractivity contribution in [1.29, 1.82) is 0 Å². The number of nitrogens with zero attached hydrogens (tertiary/aromatic N) is 2. The Labute approximate surface area is 191 Å². The molecule has 0 unspecified atom stereocenters. The van der Waals surface area contributed by atoms with Gasteiger partial charge in [-0.2, -0.15) is 5.10 Å². The quantitative estimate of drug-likeness (QED) is 0.565. The number of aromatic nitrogens is 2. The van der Waals surface area contributed by atoms with E-state index in [1.807, 2.05) is 31.2 Å². The lowest BCUT2D eigenvalue weighted by molar-refractivity contribution is -0.119. The predicted molar refractivity (Wildman–Crippen MR) is 127 cm³/mol. The Balaban J connectivity index is 2.08. The minimum Gasteiger partial charge on any atom is -0.324 e. The third-order valence-electron chi connectivity index (χ3n) is 5.10. The Bertz CT molecular complexity index is 1220. The molecule has 2 amide bonds. The van der Waals surface area contributed by atoms with Gasteiger partial charge in [0.1, 0.15) is 11.7 Å². The van der Waals surface area contributed by atoms with E-state index >= 15 is 0 Å². The Hall–Kier alpha value is -3.45. The van der Waals surface area contributed by atoms with Crippen LogP contribution in [-0.4, -0.2) is 21.6 Å². The fourth-order valence-corrected chi connectivity index (χ4v) is 3.47. The zero-order chi connectivity index (χ0) is 23.4. The molecule has 0 aliphatic carbocycles. The van der Waals surface area contributed by atoms with Crippen molar-refractivity contribution in [3.8, 4) is 11.3 Å². The summed E-state index contributed by atoms with van der Waals surface area (Å²) in [6, 6.07) is 13.5. The Kier molecular flexibility index (Phi) is 7.10. The topological polar surface area (TPSA) is 93.1 Å². The molecule has 0 saturated heterocycles. The Morgan fingerprint density at radius 2 is 1.75 bits per heavy atom. The summed E-state index contributed by atoms with van der Waals surface area (Å²) in [6.07, 6.45) is 0.315. The minimum absolute atomic E-state index is 0.0632. The predicted octanol–water partition coefficient (Wildman–Crippen LogP) is 4.73. The lowest BCUT2D eigenvalue weighted by Crippen LogP contribution is -2.36. The average molecular weight is 453 g/mol. The lowest BCUT2D eigenvalue weighted by atomic mass is 10.1. The second-order valence-corrected chi connectivity index (χ2v) is 7.97. The van der Waals surface area contributed by atoms with Crippen LogP contribution in [-0.2, 0) is 9.59 Å². The molecule has 7 nitrogen and oxygen atoms in total. The molecule has 1 atom stereocenters. The number of carbonyl (C=O) groups is 2. The van der Waals surface area contributed by atoms with E-state index in [2.05, 4.69) is 15.7 Å². The van der Waals surface area contributed by atoms with Crippen molar-refractivity contribution < 1.29 is 9.59 Å². The van der Waals surface area contributed by atoms with Gasteiger partial charge in [0.2, 0.25) is 11.8 Å². The molecule has 0 saturated carbocycles. The summed E-state index contributed by atoms with van der Waals surface area (Å²) < 4.78 is 1.13. The van der Waals surface area contributed by atoms with Gasteiger partial charge >= 0.3 is 0 Å². The first kappa shape index (κ1) is 23.2. The maximum Gasteiger partial charge on any atom is 0.291 e. The maximum atomic E-state index is 13.1. The van der Waals surface area contributed by atoms with Gasteiger partial charge < -0.3 is 10.6 Å². The van der Waals surface area contributed by atoms with Gasteiger partial charge in [-0.1, -0.05) is 54.4 Å². The highest BCUT2D eigenvalue weighted by Crippen LogP contribution is 2.25. The first-order chi connectivity index (χ1) is 15.2. The zero-order valence-corrected chi connectivity index (χ0v) is 19.2. The van der Waals surface area contributed by atoms with Gasteiger partial charge in [-0.3, -0.25) is 14.4 Å². The Morgan fingerprint density at radius 3 is 2.38 bits per heavy atom. The SMILES string of the molecule is CC[C@H](C(=O)Nc1cccc(Cl)c1C)n1nc(-c2ccc(C)cc2)cc(NC(C)=O)c1=O. The number of carbonyl (C=O) groups excluding carboxylic acids is 2. The zero-order valence-electron chi connectivity index (χ0n) is 18.4. The standard InChI is InChI=1S/C24H25ClN4O3/c1-5-22(23(31)27-19-8-6-7-18(25)15(19)3)29-24(32)21(26-16(4)30)13-20(28-29)17-11-9-14(2)10-12-17/h6-13,22H,5H2,1-4H3,(H,26,30)(H,27,31)/t22-/m1/s1. The highest BCUT2D eigenvalue weighted by molar-refractivity contribution is 6.31. The number of aryl methyl sites for hydroxylation is 1. The first-order valence-corrected chi connectivity index (χ1v) is 10.6. The van der Waals surface area contributed by atoms with Gasteiger partial charge in [-0.25, -0.2) is 4.68 Å². The molecule has 2 aromatic carbocycles. The molecule has 3 aromatic rings. The average Bonchev–Trinajstić information content (AvgIpc) is 2.74. The maximum absolute atomic E-state index is 13.1. The summed E-state index contributed by atoms with van der Waals surface area (Å²) in [4.78, 5) is 37.9. The first-order valence-electron chi connectivity index (χ1n) is 10.3. The van der Waals surface area contributed by atoms with Crippen molar-refractivity contribution in [2.45, 2.75) is 40.2 Å². The van der Waals surface area contributed by atoms with E-state index in [1.54, 1.807) is 32.0 Å². The van der Waals surface area contributed by atoms with E-state index < -0.39 is 17.5 Å². The van der Waals surface area contributed by atoms with E-state index in [9.17, 15) is 14.4 Å². The molecule has 0 radical (unpaired) electrons. The van der Waals surface area contributed by atoms with Gasteiger partial charge in [-0.15, -0.1) is 0 Å². The van der Waals surface area contributed by atoms with Crippen LogP contribution in [0.15, 0.2) is 53.3 Å². The van der Waals surface area contributed by atoms with Crippen molar-refractivity contribution in [3.63, 3.8) is 0 Å². The second kappa shape index (κ2) is 9.78. The van der Waals surface area contributed by atoms with Crippen molar-refractivity contribution in [1.82, 2.24) is 9.78 Å². The normalized spacial score (nSPS) is 11.7. The monoisotopic (exact) mass is 452 g/mol. The fourth-order valence-electron chi connectivity index (χ4n) is 3.30. The van der Waals surface area contributed by atoms with Gasteiger partial charge in [0, 0.05) is 23.2 Å². The summed E-state index contributed by atoms with van der Waals surface area (Å²) >= 11 is 6.16. The van der Waals surface area contributed by atoms with Gasteiger partial charge in [-0.05, 0) is 44.0 Å². The molecule has 0 aliphatic heterocycles. The molecule has 0 bridgehead atoms. The summed E-state index contributed by atoms with van der Waals surface area (Å²) in [7, 11) is 0. The van der Waals surface area contributed by atoms with Crippen LogP contribution in [0.2, 0.25) is 5.02 Å². The van der Waals surface area contributed by atoms with Gasteiger partial charge in [0.15, 0.2) is 0 Å². The molecule has 0 spiro atoms. The fraction of sp³-hybridized carbons (Fsp3) is 0.250. The van der Waals surface area contributed by atoms with Crippen LogP contribution in [0.25, 0.3) is 11.3 Å². The molecule has 1 aromatic heterocycles. The Morgan fingerprint density at radius 1 is 1.06 bits per heavy atom. The third kappa shape index (κ3) is 5.06. The molecule has 32 heavy (non-hydrogen) atoms. The number of rotatable bonds is 6. The van der Waals surface area contributed by atoms with E-state index in [0.717, 1.165) is 21.4 Å². The number of nitrogens with one attached hydrogen (secondary N) is 2. The van der Waals surface area contributed by atoms with Crippen molar-refractivity contribution in [3.05, 3.63) is 75.0 Å². The summed E-state index contributed by atoms with van der Waals surface area (Å²) in [6.45, 7) is 6.88. The highest BCUT2D eigenvalue weighted by atomic mass is 35.5. The number of hydrogen-bond donors (Lipinski definition) is 2. The molecule has 0 aliphatic rings. The largest absolute Gasteiger partial charge is 0.324 e. The lowest BCUT2D eigenvalue weighted by Gasteiger charge is -2.20. The number of halogens is 1. The van der Waals surface area contributed by atoms with E-state index in [1.165, 1.54) is 13.0 Å². The van der Waals surface area contributed by atoms with Crippen molar-refractivity contribution >= 4 is 34.8 Å². The third-order valence-corrected chi connectivity index (χ3v) is 5.51. The van der Waals surface area contributed by atoms with E-state index in [0.29, 0.717) is 22.8 Å². The van der Waals surface area contributed by atoms with Crippen LogP contribution in [0, 0.1) is 13.8 Å². The summed E-state index contributed by atoms with van der Waals surface area (Å²) in [5, 5.41) is 10.4. The summed E-state index contributed by atoms with van der Waals surface area (Å²) in [5.74, 6) is -0.788. The van der Waals surface area contributed by atoms with Crippen LogP contribution in [0.1, 0.15) is 37.4 Å². The van der Waals surface area contributed by atoms with Crippen LogP contribution in [0.5, 0.6) is 0 Å². The molecule has 3 rings (SSSR count). The van der Waals surface area contributed by atoms with Gasteiger partial charge in [0.25, 0.3) is 5.56 Å². The molecule has 0 fully saturated rings. The molecular formula is C24H25ClN4O3. The minimum atomic E-state index is -0.890. The number of anilines is 2. The highest BCUT2D eigenvalue weighted by Gasteiger charge is 2.24. The molecule has 1 heterocycles. The number of hydrogen-bond acceptors (Lipinski definition) is 4. The number of amides is 2. The van der Waals surface area contributed by atoms with Crippen molar-refractivity contribution in [2.24, 2.45) is 0 Å². The van der Waals surface area contributed by atoms with Crippen LogP contribution < -0.4 is 16.2 Å². The molecular weight excluding hydrogens is 428 g/mol.